The number of methoxy groups -OCH3 is 2. The minimum absolute atomic E-state index is 0.0461. The van der Waals surface area contributed by atoms with E-state index in [1.807, 2.05) is 71.9 Å². The van der Waals surface area contributed by atoms with Crippen molar-refractivity contribution in [3.05, 3.63) is 47.5 Å². The summed E-state index contributed by atoms with van der Waals surface area (Å²) in [5.41, 5.74) is 1.65. The highest BCUT2D eigenvalue weighted by Gasteiger charge is 2.54. The summed E-state index contributed by atoms with van der Waals surface area (Å²) in [7, 11) is 6.30. The van der Waals surface area contributed by atoms with Crippen LogP contribution >= 0.6 is 0 Å². The van der Waals surface area contributed by atoms with Crippen LogP contribution in [0.1, 0.15) is 133 Å². The molecule has 5 rings (SSSR count). The number of hydrogen-bond donors (Lipinski definition) is 2. The fourth-order valence-electron chi connectivity index (χ4n) is 12.3. The molecule has 398 valence electrons. The Kier molecular flexibility index (Phi) is 19.8. The standard InChI is InChI=1S/C56H89N5O10/c1-16-36(7)48(59(12)52(65)46(33(2)3)58-51(64)47(34(4)5)60(13)54(67)71-55(9,10)11)44(68-14)28-45(62)61-24-20-23-43(61)49(69-15)37(8)50(63)57-42(26-38-21-18-17-19-22-38)53(66)70-32-56-29-35(6)25-39-27-40(30-56)41(39)31-56/h17-19,21-22,25,33-37,40-44,46-49H,16,20,23-24,26-32H2,1-15H3,(H,57,63)(H,58,64). The minimum Gasteiger partial charge on any atom is -0.464 e. The summed E-state index contributed by atoms with van der Waals surface area (Å²) in [5.74, 6) is -1.58. The molecule has 71 heavy (non-hydrogen) atoms. The van der Waals surface area contributed by atoms with E-state index in [0.717, 1.165) is 31.2 Å². The lowest BCUT2D eigenvalue weighted by Gasteiger charge is -2.41. The van der Waals surface area contributed by atoms with Crippen molar-refractivity contribution in [2.45, 2.75) is 182 Å². The number of fused-ring (bicyclic) bond motifs is 1. The van der Waals surface area contributed by atoms with Gasteiger partial charge >= 0.3 is 12.1 Å². The van der Waals surface area contributed by atoms with Crippen molar-refractivity contribution in [3.8, 4) is 0 Å². The van der Waals surface area contributed by atoms with Crippen molar-refractivity contribution in [2.75, 3.05) is 41.5 Å². The molecule has 3 aliphatic carbocycles. The van der Waals surface area contributed by atoms with E-state index in [1.54, 1.807) is 57.2 Å². The van der Waals surface area contributed by atoms with Gasteiger partial charge in [-0.25, -0.2) is 9.59 Å². The number of rotatable bonds is 23. The molecule has 1 heterocycles. The smallest absolute Gasteiger partial charge is 0.410 e. The second kappa shape index (κ2) is 24.5. The van der Waals surface area contributed by atoms with Crippen LogP contribution in [-0.4, -0.2) is 140 Å². The van der Waals surface area contributed by atoms with E-state index < -0.39 is 71.9 Å². The van der Waals surface area contributed by atoms with Crippen LogP contribution in [0.2, 0.25) is 0 Å². The number of carbonyl (C=O) groups is 6. The van der Waals surface area contributed by atoms with Gasteiger partial charge in [-0.3, -0.25) is 24.1 Å². The molecule has 2 saturated carbocycles. The molecule has 1 aromatic rings. The zero-order chi connectivity index (χ0) is 52.7. The summed E-state index contributed by atoms with van der Waals surface area (Å²) in [6.45, 7) is 21.5. The zero-order valence-corrected chi connectivity index (χ0v) is 45.7. The third-order valence-electron chi connectivity index (χ3n) is 16.0. The molecule has 15 nitrogen and oxygen atoms in total. The second-order valence-corrected chi connectivity index (χ2v) is 23.4. The van der Waals surface area contributed by atoms with Gasteiger partial charge in [-0.1, -0.05) is 104 Å². The molecule has 0 aromatic heterocycles. The molecule has 0 radical (unpaired) electrons. The predicted molar refractivity (Wildman–Crippen MR) is 274 cm³/mol. The lowest BCUT2D eigenvalue weighted by atomic mass is 9.69. The fraction of sp³-hybridized carbons (Fsp3) is 0.750. The normalized spacial score (nSPS) is 25.0. The summed E-state index contributed by atoms with van der Waals surface area (Å²) in [6.07, 6.45) is 6.86. The Morgan fingerprint density at radius 2 is 1.55 bits per heavy atom. The molecule has 0 spiro atoms. The summed E-state index contributed by atoms with van der Waals surface area (Å²) in [4.78, 5) is 89.4. The number of likely N-dealkylation sites (tertiary alicyclic amines) is 1. The third-order valence-corrected chi connectivity index (χ3v) is 16.0. The first kappa shape index (κ1) is 57.4. The van der Waals surface area contributed by atoms with E-state index in [1.165, 1.54) is 19.1 Å². The number of amides is 5. The molecule has 13 unspecified atom stereocenters. The van der Waals surface area contributed by atoms with Gasteiger partial charge in [0.25, 0.3) is 0 Å². The van der Waals surface area contributed by atoms with E-state index in [4.69, 9.17) is 18.9 Å². The van der Waals surface area contributed by atoms with Crippen LogP contribution in [0.3, 0.4) is 0 Å². The van der Waals surface area contributed by atoms with E-state index in [9.17, 15) is 28.8 Å². The number of esters is 1. The maximum Gasteiger partial charge on any atom is 0.410 e. The van der Waals surface area contributed by atoms with Gasteiger partial charge in [-0.15, -0.1) is 0 Å². The van der Waals surface area contributed by atoms with Crippen molar-refractivity contribution < 1.29 is 47.7 Å². The van der Waals surface area contributed by atoms with E-state index in [0.29, 0.717) is 50.2 Å². The Balaban J connectivity index is 1.28. The number of nitrogens with zero attached hydrogens (tertiary/aromatic N) is 3. The molecule has 3 fully saturated rings. The van der Waals surface area contributed by atoms with Gasteiger partial charge in [0.05, 0.1) is 43.2 Å². The molecule has 2 N–H and O–H groups in total. The molecular formula is C56H89N5O10. The van der Waals surface area contributed by atoms with Gasteiger partial charge in [0.2, 0.25) is 23.6 Å². The topological polar surface area (TPSA) is 173 Å². The first-order valence-electron chi connectivity index (χ1n) is 26.4. The van der Waals surface area contributed by atoms with Crippen LogP contribution in [0.5, 0.6) is 0 Å². The molecule has 13 atom stereocenters. The third kappa shape index (κ3) is 14.0. The number of nitrogens with one attached hydrogen (secondary N) is 2. The summed E-state index contributed by atoms with van der Waals surface area (Å²) < 4.78 is 24.0. The number of hydrogen-bond acceptors (Lipinski definition) is 10. The first-order valence-corrected chi connectivity index (χ1v) is 26.4. The first-order chi connectivity index (χ1) is 33.3. The molecule has 1 aliphatic heterocycles. The maximum absolute atomic E-state index is 14.6. The molecule has 5 amide bonds. The van der Waals surface area contributed by atoms with Gasteiger partial charge in [0.1, 0.15) is 23.7 Å². The van der Waals surface area contributed by atoms with Crippen LogP contribution in [0.15, 0.2) is 42.0 Å². The summed E-state index contributed by atoms with van der Waals surface area (Å²) in [6, 6.07) is 5.85. The number of benzene rings is 1. The maximum atomic E-state index is 14.6. The summed E-state index contributed by atoms with van der Waals surface area (Å²) >= 11 is 0. The highest BCUT2D eigenvalue weighted by atomic mass is 16.6. The lowest BCUT2D eigenvalue weighted by molar-refractivity contribution is -0.153. The number of ether oxygens (including phenoxy) is 4. The Bertz CT molecular complexity index is 2040. The van der Waals surface area contributed by atoms with Gasteiger partial charge in [-0.2, -0.15) is 0 Å². The van der Waals surface area contributed by atoms with E-state index in [-0.39, 0.29) is 53.7 Å². The van der Waals surface area contributed by atoms with E-state index in [2.05, 4.69) is 23.6 Å². The molecule has 15 heteroatoms. The van der Waals surface area contributed by atoms with Crippen molar-refractivity contribution in [1.82, 2.24) is 25.3 Å². The van der Waals surface area contributed by atoms with Crippen molar-refractivity contribution in [3.63, 3.8) is 0 Å². The Hall–Kier alpha value is -4.50. The van der Waals surface area contributed by atoms with Crippen molar-refractivity contribution in [2.24, 2.45) is 46.8 Å². The molecule has 1 aromatic carbocycles. The molecule has 4 aliphatic rings. The van der Waals surface area contributed by atoms with Crippen LogP contribution in [-0.2, 0) is 49.3 Å². The average Bonchev–Trinajstić information content (AvgIpc) is 3.87. The van der Waals surface area contributed by atoms with Gasteiger partial charge in [0.15, 0.2) is 0 Å². The molecular weight excluding hydrogens is 903 g/mol. The molecule has 2 bridgehead atoms. The van der Waals surface area contributed by atoms with Crippen LogP contribution in [0.4, 0.5) is 4.79 Å². The minimum atomic E-state index is -0.948. The SMILES string of the molecule is CCC(C)C(C(CC(=O)N1CCCC1C(OC)C(C)C(=O)NC(Cc1ccccc1)C(=O)OCC12CC(C)C=C3CC(C1)C3C2)OC)N(C)C(=O)C(NC(=O)C(C(C)C)N(C)C(=O)OC(C)(C)C)C(C)C. The Labute approximate surface area is 425 Å². The highest BCUT2D eigenvalue weighted by Crippen LogP contribution is 2.62. The van der Waals surface area contributed by atoms with Gasteiger partial charge in [-0.05, 0) is 100 Å². The Morgan fingerprint density at radius 3 is 2.14 bits per heavy atom. The second-order valence-electron chi connectivity index (χ2n) is 23.4. The monoisotopic (exact) mass is 992 g/mol. The molecule has 1 saturated heterocycles. The van der Waals surface area contributed by atoms with Crippen LogP contribution in [0.25, 0.3) is 0 Å². The van der Waals surface area contributed by atoms with Gasteiger partial charge in [0, 0.05) is 46.7 Å². The highest BCUT2D eigenvalue weighted by molar-refractivity contribution is 5.92. The van der Waals surface area contributed by atoms with E-state index >= 15 is 0 Å². The largest absolute Gasteiger partial charge is 0.464 e. The Morgan fingerprint density at radius 1 is 0.873 bits per heavy atom. The van der Waals surface area contributed by atoms with Crippen LogP contribution in [0, 0.1) is 46.8 Å². The number of carbonyl (C=O) groups excluding carboxylic acids is 6. The van der Waals surface area contributed by atoms with Gasteiger partial charge < -0.3 is 39.4 Å². The van der Waals surface area contributed by atoms with Crippen molar-refractivity contribution in [1.29, 1.82) is 0 Å². The average molecular weight is 992 g/mol. The predicted octanol–water partition coefficient (Wildman–Crippen LogP) is 7.59. The zero-order valence-electron chi connectivity index (χ0n) is 45.7. The lowest BCUT2D eigenvalue weighted by Crippen LogP contribution is -2.60. The summed E-state index contributed by atoms with van der Waals surface area (Å²) in [5, 5.41) is 6.02. The number of likely N-dealkylation sites (N-methyl/N-ethyl adjacent to an activating group) is 2. The van der Waals surface area contributed by atoms with Crippen molar-refractivity contribution >= 4 is 35.7 Å². The quantitative estimate of drug-likeness (QED) is 0.0822. The number of allylic oxidation sites excluding steroid dienone is 2. The fourth-order valence-corrected chi connectivity index (χ4v) is 12.3. The van der Waals surface area contributed by atoms with Crippen LogP contribution < -0.4 is 10.6 Å².